The van der Waals surface area contributed by atoms with E-state index in [1.54, 1.807) is 36.5 Å². The topological polar surface area (TPSA) is 72.2 Å². The third kappa shape index (κ3) is 2.74. The normalized spacial score (nSPS) is 12.0. The molecule has 5 heteroatoms. The van der Waals surface area contributed by atoms with Crippen molar-refractivity contribution in [2.24, 2.45) is 0 Å². The number of carbonyl (C=O) groups is 1. The van der Waals surface area contributed by atoms with Gasteiger partial charge in [0.2, 0.25) is 0 Å². The van der Waals surface area contributed by atoms with Gasteiger partial charge in [0.05, 0.1) is 11.7 Å². The fourth-order valence-electron chi connectivity index (χ4n) is 2.20. The molecule has 1 atom stereocenters. The number of pyridine rings is 1. The van der Waals surface area contributed by atoms with Crippen molar-refractivity contribution in [3.8, 4) is 0 Å². The summed E-state index contributed by atoms with van der Waals surface area (Å²) in [5.41, 5.74) is 0.522. The molecule has 1 amide bonds. The molecule has 3 rings (SSSR count). The molecule has 1 unspecified atom stereocenters. The molecule has 22 heavy (non-hydrogen) atoms. The first kappa shape index (κ1) is 14.0. The second-order valence-electron chi connectivity index (χ2n) is 4.94. The van der Waals surface area contributed by atoms with Crippen molar-refractivity contribution >= 4 is 16.9 Å². The summed E-state index contributed by atoms with van der Waals surface area (Å²) in [6.07, 6.45) is 1.66. The summed E-state index contributed by atoms with van der Waals surface area (Å²) in [6, 6.07) is 13.8. The summed E-state index contributed by atoms with van der Waals surface area (Å²) in [7, 11) is 0. The van der Waals surface area contributed by atoms with Crippen LogP contribution >= 0.6 is 0 Å². The van der Waals surface area contributed by atoms with Gasteiger partial charge in [-0.25, -0.2) is 4.79 Å². The van der Waals surface area contributed by atoms with Crippen molar-refractivity contribution in [2.45, 2.75) is 13.0 Å². The Balaban J connectivity index is 1.89. The van der Waals surface area contributed by atoms with Crippen LogP contribution in [0.1, 0.15) is 29.0 Å². The molecule has 0 aliphatic rings. The number of fused-ring (bicyclic) bond motifs is 1. The molecule has 0 saturated heterocycles. The van der Waals surface area contributed by atoms with Gasteiger partial charge >= 0.3 is 5.63 Å². The average molecular weight is 294 g/mol. The number of amides is 1. The van der Waals surface area contributed by atoms with Gasteiger partial charge in [-0.3, -0.25) is 9.78 Å². The highest BCUT2D eigenvalue weighted by molar-refractivity contribution is 5.96. The van der Waals surface area contributed by atoms with Crippen LogP contribution in [0.15, 0.2) is 63.9 Å². The number of nitrogens with zero attached hydrogens (tertiary/aromatic N) is 1. The number of hydrogen-bond donors (Lipinski definition) is 1. The van der Waals surface area contributed by atoms with Crippen LogP contribution in [0.3, 0.4) is 0 Å². The minimum atomic E-state index is -0.649. The number of para-hydroxylation sites is 1. The zero-order chi connectivity index (χ0) is 15.5. The molecule has 0 bridgehead atoms. The second-order valence-corrected chi connectivity index (χ2v) is 4.94. The summed E-state index contributed by atoms with van der Waals surface area (Å²) in [6.45, 7) is 1.81. The van der Waals surface area contributed by atoms with Crippen LogP contribution in [0.5, 0.6) is 0 Å². The predicted molar refractivity (Wildman–Crippen MR) is 82.6 cm³/mol. The fraction of sp³-hybridized carbons (Fsp3) is 0.118. The lowest BCUT2D eigenvalue weighted by Crippen LogP contribution is -2.30. The summed E-state index contributed by atoms with van der Waals surface area (Å²) in [4.78, 5) is 28.4. The molecule has 2 heterocycles. The third-order valence-electron chi connectivity index (χ3n) is 3.37. The van der Waals surface area contributed by atoms with Crippen molar-refractivity contribution in [1.82, 2.24) is 10.3 Å². The van der Waals surface area contributed by atoms with E-state index >= 15 is 0 Å². The Morgan fingerprint density at radius 1 is 1.18 bits per heavy atom. The van der Waals surface area contributed by atoms with Gasteiger partial charge in [-0.2, -0.15) is 0 Å². The van der Waals surface area contributed by atoms with Crippen LogP contribution in [0.2, 0.25) is 0 Å². The lowest BCUT2D eigenvalue weighted by molar-refractivity contribution is 0.0935. The van der Waals surface area contributed by atoms with E-state index in [2.05, 4.69) is 10.3 Å². The fourth-order valence-corrected chi connectivity index (χ4v) is 2.20. The molecule has 0 radical (unpaired) electrons. The maximum absolute atomic E-state index is 12.3. The van der Waals surface area contributed by atoms with Crippen LogP contribution in [0, 0.1) is 0 Å². The highest BCUT2D eigenvalue weighted by Gasteiger charge is 2.17. The van der Waals surface area contributed by atoms with E-state index in [1.807, 2.05) is 25.1 Å². The number of aromatic nitrogens is 1. The molecule has 1 aromatic carbocycles. The van der Waals surface area contributed by atoms with E-state index in [9.17, 15) is 9.59 Å². The third-order valence-corrected chi connectivity index (χ3v) is 3.37. The molecule has 1 N–H and O–H groups in total. The number of benzene rings is 1. The van der Waals surface area contributed by atoms with Crippen LogP contribution in [-0.4, -0.2) is 10.9 Å². The Kier molecular flexibility index (Phi) is 3.70. The Labute approximate surface area is 126 Å². The smallest absolute Gasteiger partial charge is 0.349 e. The van der Waals surface area contributed by atoms with Crippen molar-refractivity contribution in [3.05, 3.63) is 76.4 Å². The van der Waals surface area contributed by atoms with Gasteiger partial charge < -0.3 is 9.73 Å². The zero-order valence-electron chi connectivity index (χ0n) is 11.9. The Hall–Kier alpha value is -2.95. The molecular formula is C17H14N2O3. The number of nitrogens with one attached hydrogen (secondary N) is 1. The molecule has 0 saturated carbocycles. The van der Waals surface area contributed by atoms with Crippen LogP contribution < -0.4 is 10.9 Å². The van der Waals surface area contributed by atoms with Crippen molar-refractivity contribution < 1.29 is 9.21 Å². The second kappa shape index (κ2) is 5.81. The number of rotatable bonds is 3. The summed E-state index contributed by atoms with van der Waals surface area (Å²) in [5, 5.41) is 3.46. The Morgan fingerprint density at radius 2 is 1.95 bits per heavy atom. The molecule has 0 fully saturated rings. The van der Waals surface area contributed by atoms with Gasteiger partial charge in [-0.15, -0.1) is 0 Å². The van der Waals surface area contributed by atoms with Gasteiger partial charge in [0.15, 0.2) is 0 Å². The van der Waals surface area contributed by atoms with Crippen molar-refractivity contribution in [2.75, 3.05) is 0 Å². The van der Waals surface area contributed by atoms with Gasteiger partial charge in [0.25, 0.3) is 5.91 Å². The molecule has 3 aromatic rings. The minimum Gasteiger partial charge on any atom is -0.422 e. The van der Waals surface area contributed by atoms with Gasteiger partial charge in [-0.05, 0) is 31.2 Å². The SMILES string of the molecule is CC(NC(=O)c1cc2ccccc2oc1=O)c1ccccn1. The van der Waals surface area contributed by atoms with E-state index in [4.69, 9.17) is 4.42 Å². The van der Waals surface area contributed by atoms with Crippen molar-refractivity contribution in [1.29, 1.82) is 0 Å². The highest BCUT2D eigenvalue weighted by Crippen LogP contribution is 2.14. The standard InChI is InChI=1S/C17H14N2O3/c1-11(14-7-4-5-9-18-14)19-16(20)13-10-12-6-2-3-8-15(12)22-17(13)21/h2-11H,1H3,(H,19,20). The first-order valence-electron chi connectivity index (χ1n) is 6.90. The molecule has 5 nitrogen and oxygen atoms in total. The highest BCUT2D eigenvalue weighted by atomic mass is 16.4. The maximum Gasteiger partial charge on any atom is 0.349 e. The van der Waals surface area contributed by atoms with E-state index in [-0.39, 0.29) is 11.6 Å². The average Bonchev–Trinajstić information content (AvgIpc) is 2.54. The van der Waals surface area contributed by atoms with Crippen LogP contribution in [0.25, 0.3) is 11.0 Å². The lowest BCUT2D eigenvalue weighted by atomic mass is 10.1. The number of carbonyl (C=O) groups excluding carboxylic acids is 1. The lowest BCUT2D eigenvalue weighted by Gasteiger charge is -2.12. The summed E-state index contributed by atoms with van der Waals surface area (Å²) >= 11 is 0. The van der Waals surface area contributed by atoms with Crippen molar-refractivity contribution in [3.63, 3.8) is 0 Å². The molecule has 0 aliphatic heterocycles. The first-order valence-corrected chi connectivity index (χ1v) is 6.90. The van der Waals surface area contributed by atoms with E-state index in [1.165, 1.54) is 0 Å². The zero-order valence-corrected chi connectivity index (χ0v) is 11.9. The Morgan fingerprint density at radius 3 is 2.73 bits per heavy atom. The van der Waals surface area contributed by atoms with Crippen LogP contribution in [-0.2, 0) is 0 Å². The quantitative estimate of drug-likeness (QED) is 0.754. The van der Waals surface area contributed by atoms with Gasteiger partial charge in [0.1, 0.15) is 11.1 Å². The van der Waals surface area contributed by atoms with E-state index in [0.717, 1.165) is 5.69 Å². The summed E-state index contributed by atoms with van der Waals surface area (Å²) < 4.78 is 5.17. The molecule has 110 valence electrons. The predicted octanol–water partition coefficient (Wildman–Crippen LogP) is 2.68. The number of hydrogen-bond acceptors (Lipinski definition) is 4. The minimum absolute atomic E-state index is 0.0125. The summed E-state index contributed by atoms with van der Waals surface area (Å²) in [5.74, 6) is -0.474. The first-order chi connectivity index (χ1) is 10.6. The van der Waals surface area contributed by atoms with Gasteiger partial charge in [-0.1, -0.05) is 24.3 Å². The monoisotopic (exact) mass is 294 g/mol. The van der Waals surface area contributed by atoms with Crippen LogP contribution in [0.4, 0.5) is 0 Å². The molecular weight excluding hydrogens is 280 g/mol. The molecule has 2 aromatic heterocycles. The van der Waals surface area contributed by atoms with E-state index < -0.39 is 11.5 Å². The largest absolute Gasteiger partial charge is 0.422 e. The maximum atomic E-state index is 12.3. The molecule has 0 spiro atoms. The van der Waals surface area contributed by atoms with Gasteiger partial charge in [0, 0.05) is 11.6 Å². The Bertz CT molecular complexity index is 872. The van der Waals surface area contributed by atoms with E-state index in [0.29, 0.717) is 11.0 Å². The molecule has 0 aliphatic carbocycles.